The van der Waals surface area contributed by atoms with Gasteiger partial charge in [0, 0.05) is 23.8 Å². The quantitative estimate of drug-likeness (QED) is 0.811. The number of anilines is 1. The van der Waals surface area contributed by atoms with Gasteiger partial charge in [-0.2, -0.15) is 0 Å². The third kappa shape index (κ3) is 2.21. The largest absolute Gasteiger partial charge is 0.462 e. The molecule has 2 fully saturated rings. The van der Waals surface area contributed by atoms with Crippen molar-refractivity contribution < 1.29 is 9.53 Å². The normalized spacial score (nSPS) is 29.9. The first-order valence-electron chi connectivity index (χ1n) is 9.28. The number of carbonyl (C=O) groups excluding carboxylic acids is 1. The molecule has 134 valence electrons. The molecule has 2 N–H and O–H groups in total. The lowest BCUT2D eigenvalue weighted by molar-refractivity contribution is 0.0527. The van der Waals surface area contributed by atoms with Crippen LogP contribution < -0.4 is 5.32 Å². The zero-order valence-corrected chi connectivity index (χ0v) is 15.5. The highest BCUT2D eigenvalue weighted by molar-refractivity contribution is 6.04. The van der Waals surface area contributed by atoms with Gasteiger partial charge in [-0.3, -0.25) is 0 Å². The van der Waals surface area contributed by atoms with Crippen LogP contribution in [0.1, 0.15) is 57.3 Å². The summed E-state index contributed by atoms with van der Waals surface area (Å²) in [6.07, 6.45) is 7.19. The van der Waals surface area contributed by atoms with Crippen molar-refractivity contribution >= 4 is 22.7 Å². The lowest BCUT2D eigenvalue weighted by atomic mass is 9.69. The molecule has 0 spiro atoms. The third-order valence-corrected chi connectivity index (χ3v) is 7.19. The average Bonchev–Trinajstić information content (AvgIpc) is 3.18. The van der Waals surface area contributed by atoms with Crippen LogP contribution >= 0.6 is 0 Å². The summed E-state index contributed by atoms with van der Waals surface area (Å²) < 4.78 is 5.26. The molecule has 5 heteroatoms. The van der Waals surface area contributed by atoms with Crippen LogP contribution in [0.4, 0.5) is 5.69 Å². The molecule has 0 radical (unpaired) electrons. The summed E-state index contributed by atoms with van der Waals surface area (Å²) in [7, 11) is 0. The maximum atomic E-state index is 12.5. The molecule has 0 aromatic carbocycles. The highest BCUT2D eigenvalue weighted by Crippen LogP contribution is 2.66. The van der Waals surface area contributed by atoms with E-state index in [9.17, 15) is 4.79 Å². The lowest BCUT2D eigenvalue weighted by Gasteiger charge is -2.40. The summed E-state index contributed by atoms with van der Waals surface area (Å²) in [5.41, 5.74) is 2.73. The topological polar surface area (TPSA) is 67.0 Å². The van der Waals surface area contributed by atoms with Gasteiger partial charge >= 0.3 is 5.97 Å². The van der Waals surface area contributed by atoms with E-state index < -0.39 is 0 Å². The Morgan fingerprint density at radius 3 is 2.88 bits per heavy atom. The Hall–Kier alpha value is -2.04. The molecule has 2 heterocycles. The van der Waals surface area contributed by atoms with Crippen molar-refractivity contribution in [3.8, 4) is 0 Å². The van der Waals surface area contributed by atoms with E-state index in [1.54, 1.807) is 6.20 Å². The van der Waals surface area contributed by atoms with E-state index in [1.807, 2.05) is 19.2 Å². The van der Waals surface area contributed by atoms with Crippen LogP contribution in [0.25, 0.3) is 11.0 Å². The number of nitrogens with one attached hydrogen (secondary N) is 2. The number of ether oxygens (including phenoxy) is 1. The van der Waals surface area contributed by atoms with Crippen LogP contribution in [0, 0.1) is 16.7 Å². The number of pyridine rings is 1. The van der Waals surface area contributed by atoms with E-state index in [1.165, 1.54) is 12.8 Å². The number of carbonyl (C=O) groups is 1. The van der Waals surface area contributed by atoms with Gasteiger partial charge in [0.1, 0.15) is 11.2 Å². The summed E-state index contributed by atoms with van der Waals surface area (Å²) in [5.74, 6) is 0.428. The Labute approximate surface area is 148 Å². The van der Waals surface area contributed by atoms with E-state index in [0.717, 1.165) is 29.1 Å². The maximum Gasteiger partial charge on any atom is 0.341 e. The highest BCUT2D eigenvalue weighted by Gasteiger charge is 2.61. The predicted molar refractivity (Wildman–Crippen MR) is 98.7 cm³/mol. The van der Waals surface area contributed by atoms with Gasteiger partial charge in [-0.1, -0.05) is 20.8 Å². The van der Waals surface area contributed by atoms with Gasteiger partial charge in [-0.05, 0) is 49.0 Å². The molecule has 2 aliphatic rings. The third-order valence-electron chi connectivity index (χ3n) is 7.19. The minimum atomic E-state index is -0.312. The second-order valence-electron chi connectivity index (χ2n) is 8.31. The molecule has 0 saturated heterocycles. The number of aromatic nitrogens is 2. The molecule has 2 bridgehead atoms. The maximum absolute atomic E-state index is 12.5. The molecule has 1 unspecified atom stereocenters. The van der Waals surface area contributed by atoms with E-state index in [4.69, 9.17) is 4.74 Å². The Morgan fingerprint density at radius 1 is 1.44 bits per heavy atom. The van der Waals surface area contributed by atoms with Gasteiger partial charge in [0.05, 0.1) is 12.3 Å². The second-order valence-corrected chi connectivity index (χ2v) is 8.31. The smallest absolute Gasteiger partial charge is 0.341 e. The van der Waals surface area contributed by atoms with Crippen LogP contribution in [0.3, 0.4) is 0 Å². The zero-order valence-electron chi connectivity index (χ0n) is 15.5. The van der Waals surface area contributed by atoms with Crippen molar-refractivity contribution in [2.75, 3.05) is 11.9 Å². The van der Waals surface area contributed by atoms with Crippen LogP contribution in [0.2, 0.25) is 0 Å². The predicted octanol–water partition coefficient (Wildman–Crippen LogP) is 4.37. The van der Waals surface area contributed by atoms with Crippen LogP contribution in [0.15, 0.2) is 18.5 Å². The molecule has 25 heavy (non-hydrogen) atoms. The van der Waals surface area contributed by atoms with E-state index in [2.05, 4.69) is 36.1 Å². The fourth-order valence-electron chi connectivity index (χ4n) is 5.12. The van der Waals surface area contributed by atoms with Crippen molar-refractivity contribution in [2.24, 2.45) is 16.7 Å². The van der Waals surface area contributed by atoms with Gasteiger partial charge in [0.15, 0.2) is 0 Å². The molecule has 3 atom stereocenters. The van der Waals surface area contributed by atoms with Gasteiger partial charge in [-0.25, -0.2) is 9.78 Å². The fraction of sp³-hybridized carbons (Fsp3) is 0.600. The fourth-order valence-corrected chi connectivity index (χ4v) is 5.12. The molecule has 2 saturated carbocycles. The number of nitrogens with zero attached hydrogens (tertiary/aromatic N) is 1. The van der Waals surface area contributed by atoms with Gasteiger partial charge < -0.3 is 15.0 Å². The molecule has 4 rings (SSSR count). The van der Waals surface area contributed by atoms with Crippen molar-refractivity contribution in [3.63, 3.8) is 0 Å². The van der Waals surface area contributed by atoms with Crippen LogP contribution in [-0.2, 0) is 4.74 Å². The monoisotopic (exact) mass is 341 g/mol. The first-order valence-corrected chi connectivity index (χ1v) is 9.28. The van der Waals surface area contributed by atoms with Crippen molar-refractivity contribution in [1.82, 2.24) is 9.97 Å². The van der Waals surface area contributed by atoms with E-state index >= 15 is 0 Å². The number of fused-ring (bicyclic) bond motifs is 3. The SMILES string of the molecule is CCOC(=O)c1cnc2[nH]ccc2c1N[C@H]1C[C@H]2CCC1(C)C2(C)C. The molecule has 2 aromatic rings. The molecule has 0 aliphatic heterocycles. The minimum absolute atomic E-state index is 0.232. The first-order chi connectivity index (χ1) is 11.9. The van der Waals surface area contributed by atoms with E-state index in [0.29, 0.717) is 23.6 Å². The molecule has 2 aromatic heterocycles. The molecular formula is C20H27N3O2. The van der Waals surface area contributed by atoms with Crippen molar-refractivity contribution in [1.29, 1.82) is 0 Å². The number of esters is 1. The van der Waals surface area contributed by atoms with Gasteiger partial charge in [0.2, 0.25) is 0 Å². The second kappa shape index (κ2) is 5.48. The Kier molecular flexibility index (Phi) is 3.60. The van der Waals surface area contributed by atoms with Crippen LogP contribution in [0.5, 0.6) is 0 Å². The van der Waals surface area contributed by atoms with Gasteiger partial charge in [0.25, 0.3) is 0 Å². The standard InChI is InChI=1S/C20H27N3O2/c1-5-25-18(24)14-11-22-17-13(7-9-21-17)16(14)23-15-10-12-6-8-20(15,4)19(12,2)3/h7,9,11-12,15H,5-6,8,10H2,1-4H3,(H2,21,22,23)/t12-,15+,20?/m1/s1. The molecular weight excluding hydrogens is 314 g/mol. The lowest BCUT2D eigenvalue weighted by Crippen LogP contribution is -2.40. The number of rotatable bonds is 4. The van der Waals surface area contributed by atoms with E-state index in [-0.39, 0.29) is 11.4 Å². The number of H-pyrrole nitrogens is 1. The summed E-state index contributed by atoms with van der Waals surface area (Å²) >= 11 is 0. The molecule has 5 nitrogen and oxygen atoms in total. The Morgan fingerprint density at radius 2 is 2.24 bits per heavy atom. The van der Waals surface area contributed by atoms with Crippen LogP contribution in [-0.4, -0.2) is 28.6 Å². The summed E-state index contributed by atoms with van der Waals surface area (Å²) in [4.78, 5) is 20.0. The highest BCUT2D eigenvalue weighted by atomic mass is 16.5. The summed E-state index contributed by atoms with van der Waals surface area (Å²) in [6.45, 7) is 9.39. The Balaban J connectivity index is 1.75. The number of hydrogen-bond acceptors (Lipinski definition) is 4. The Bertz CT molecular complexity index is 825. The first kappa shape index (κ1) is 16.4. The molecule has 0 amide bonds. The zero-order chi connectivity index (χ0) is 17.8. The molecule has 2 aliphatic carbocycles. The summed E-state index contributed by atoms with van der Waals surface area (Å²) in [5, 5.41) is 4.70. The average molecular weight is 341 g/mol. The number of aromatic amines is 1. The van der Waals surface area contributed by atoms with Crippen molar-refractivity contribution in [3.05, 3.63) is 24.0 Å². The van der Waals surface area contributed by atoms with Gasteiger partial charge in [-0.15, -0.1) is 0 Å². The minimum Gasteiger partial charge on any atom is -0.462 e. The number of hydrogen-bond donors (Lipinski definition) is 2. The van der Waals surface area contributed by atoms with Crippen molar-refractivity contribution in [2.45, 2.75) is 53.0 Å². The summed E-state index contributed by atoms with van der Waals surface area (Å²) in [6, 6.07) is 2.34.